The zero-order chi connectivity index (χ0) is 9.26. The summed E-state index contributed by atoms with van der Waals surface area (Å²) in [5.74, 6) is 0.263. The fourth-order valence-electron chi connectivity index (χ4n) is 1.37. The van der Waals surface area contributed by atoms with Crippen LogP contribution in [0.4, 0.5) is 0 Å². The number of fused-ring (bicyclic) bond motifs is 1. The van der Waals surface area contributed by atoms with Crippen molar-refractivity contribution in [3.8, 4) is 5.75 Å². The number of rotatable bonds is 1. The molecule has 0 atom stereocenters. The van der Waals surface area contributed by atoms with Gasteiger partial charge in [0, 0.05) is 22.7 Å². The minimum absolute atomic E-state index is 0.263. The molecule has 0 saturated carbocycles. The second kappa shape index (κ2) is 2.86. The Bertz CT molecular complexity index is 457. The van der Waals surface area contributed by atoms with Gasteiger partial charge in [0.15, 0.2) is 0 Å². The van der Waals surface area contributed by atoms with Gasteiger partial charge >= 0.3 is 0 Å². The van der Waals surface area contributed by atoms with Crippen molar-refractivity contribution >= 4 is 17.0 Å². The Labute approximate surface area is 75.5 Å². The molecule has 4 N–H and O–H groups in total. The predicted octanol–water partition coefficient (Wildman–Crippen LogP) is 1.80. The fraction of sp³-hybridized carbons (Fsp3) is 0. The molecular formula is C10H10N2O. The molecule has 2 rings (SSSR count). The van der Waals surface area contributed by atoms with Crippen LogP contribution in [0.5, 0.6) is 5.75 Å². The van der Waals surface area contributed by atoms with E-state index in [-0.39, 0.29) is 5.75 Å². The van der Waals surface area contributed by atoms with Crippen LogP contribution in [0.1, 0.15) is 5.56 Å². The molecule has 0 amide bonds. The van der Waals surface area contributed by atoms with Crippen LogP contribution >= 0.6 is 0 Å². The summed E-state index contributed by atoms with van der Waals surface area (Å²) in [5, 5.41) is 10.2. The van der Waals surface area contributed by atoms with Gasteiger partial charge in [0.1, 0.15) is 5.75 Å². The average molecular weight is 174 g/mol. The number of H-pyrrole nitrogens is 1. The molecule has 13 heavy (non-hydrogen) atoms. The topological polar surface area (TPSA) is 62.0 Å². The highest BCUT2D eigenvalue weighted by Crippen LogP contribution is 2.23. The second-order valence-corrected chi connectivity index (χ2v) is 2.83. The number of hydrogen-bond acceptors (Lipinski definition) is 2. The molecule has 0 aliphatic rings. The number of hydrogen-bond donors (Lipinski definition) is 3. The van der Waals surface area contributed by atoms with Crippen molar-refractivity contribution < 1.29 is 5.11 Å². The minimum atomic E-state index is 0.263. The van der Waals surface area contributed by atoms with Crippen LogP contribution in [-0.4, -0.2) is 10.1 Å². The van der Waals surface area contributed by atoms with Crippen molar-refractivity contribution in [1.29, 1.82) is 0 Å². The second-order valence-electron chi connectivity index (χ2n) is 2.83. The first-order valence-corrected chi connectivity index (χ1v) is 3.99. The summed E-state index contributed by atoms with van der Waals surface area (Å²) in [6.07, 6.45) is 5.12. The monoisotopic (exact) mass is 174 g/mol. The molecule has 0 bridgehead atoms. The first-order chi connectivity index (χ1) is 6.31. The SMILES string of the molecule is NC=Cc1c[nH]c2ccc(O)cc12. The zero-order valence-corrected chi connectivity index (χ0v) is 6.99. The van der Waals surface area contributed by atoms with E-state index in [1.807, 2.05) is 12.3 Å². The van der Waals surface area contributed by atoms with Gasteiger partial charge in [-0.3, -0.25) is 0 Å². The van der Waals surface area contributed by atoms with E-state index in [0.717, 1.165) is 16.5 Å². The number of nitrogens with one attached hydrogen (secondary N) is 1. The molecule has 0 aliphatic heterocycles. The Kier molecular flexibility index (Phi) is 1.70. The van der Waals surface area contributed by atoms with Gasteiger partial charge in [0.25, 0.3) is 0 Å². The fourth-order valence-corrected chi connectivity index (χ4v) is 1.37. The Balaban J connectivity index is 2.71. The first kappa shape index (κ1) is 7.73. The number of nitrogens with two attached hydrogens (primary N) is 1. The van der Waals surface area contributed by atoms with Crippen LogP contribution < -0.4 is 5.73 Å². The Hall–Kier alpha value is -1.90. The summed E-state index contributed by atoms with van der Waals surface area (Å²) in [5.41, 5.74) is 7.26. The number of phenolic OH excluding ortho intramolecular Hbond substituents is 1. The highest BCUT2D eigenvalue weighted by Gasteiger charge is 2.00. The van der Waals surface area contributed by atoms with Gasteiger partial charge < -0.3 is 15.8 Å². The largest absolute Gasteiger partial charge is 0.508 e. The lowest BCUT2D eigenvalue weighted by atomic mass is 10.1. The van der Waals surface area contributed by atoms with Crippen LogP contribution in [0.2, 0.25) is 0 Å². The van der Waals surface area contributed by atoms with Crippen LogP contribution in [0.25, 0.3) is 17.0 Å². The minimum Gasteiger partial charge on any atom is -0.508 e. The molecule has 66 valence electrons. The molecule has 1 aromatic heterocycles. The molecule has 3 nitrogen and oxygen atoms in total. The van der Waals surface area contributed by atoms with E-state index in [1.165, 1.54) is 6.20 Å². The van der Waals surface area contributed by atoms with Crippen molar-refractivity contribution in [2.75, 3.05) is 0 Å². The van der Waals surface area contributed by atoms with E-state index < -0.39 is 0 Å². The molecule has 0 saturated heterocycles. The molecule has 0 fully saturated rings. The highest BCUT2D eigenvalue weighted by molar-refractivity contribution is 5.89. The average Bonchev–Trinajstić information content (AvgIpc) is 2.49. The Morgan fingerprint density at radius 2 is 2.23 bits per heavy atom. The van der Waals surface area contributed by atoms with Crippen molar-refractivity contribution in [2.24, 2.45) is 5.73 Å². The maximum Gasteiger partial charge on any atom is 0.116 e. The summed E-state index contributed by atoms with van der Waals surface area (Å²) in [4.78, 5) is 3.08. The number of aromatic amines is 1. The lowest BCUT2D eigenvalue weighted by Gasteiger charge is -1.93. The van der Waals surface area contributed by atoms with E-state index in [2.05, 4.69) is 4.98 Å². The molecule has 3 heteroatoms. The predicted molar refractivity (Wildman–Crippen MR) is 53.2 cm³/mol. The Morgan fingerprint density at radius 3 is 3.00 bits per heavy atom. The standard InChI is InChI=1S/C10H10N2O/c11-4-3-7-6-12-10-2-1-8(13)5-9(7)10/h1-6,12-13H,11H2. The van der Waals surface area contributed by atoms with Gasteiger partial charge in [-0.2, -0.15) is 0 Å². The quantitative estimate of drug-likeness (QED) is 0.617. The summed E-state index contributed by atoms with van der Waals surface area (Å²) in [7, 11) is 0. The van der Waals surface area contributed by atoms with Crippen LogP contribution in [0, 0.1) is 0 Å². The van der Waals surface area contributed by atoms with Gasteiger partial charge in [0.05, 0.1) is 0 Å². The zero-order valence-electron chi connectivity index (χ0n) is 6.99. The Morgan fingerprint density at radius 1 is 1.38 bits per heavy atom. The molecule has 0 unspecified atom stereocenters. The smallest absolute Gasteiger partial charge is 0.116 e. The van der Waals surface area contributed by atoms with Crippen molar-refractivity contribution in [3.63, 3.8) is 0 Å². The van der Waals surface area contributed by atoms with Gasteiger partial charge in [-0.15, -0.1) is 0 Å². The van der Waals surface area contributed by atoms with Crippen molar-refractivity contribution in [2.45, 2.75) is 0 Å². The third-order valence-electron chi connectivity index (χ3n) is 1.97. The number of aromatic nitrogens is 1. The molecule has 0 aliphatic carbocycles. The lowest BCUT2D eigenvalue weighted by Crippen LogP contribution is -1.75. The number of aromatic hydroxyl groups is 1. The highest BCUT2D eigenvalue weighted by atomic mass is 16.3. The summed E-state index contributed by atoms with van der Waals surface area (Å²) in [6.45, 7) is 0. The van der Waals surface area contributed by atoms with Gasteiger partial charge in [0.2, 0.25) is 0 Å². The van der Waals surface area contributed by atoms with Crippen LogP contribution in [0.15, 0.2) is 30.6 Å². The maximum absolute atomic E-state index is 9.27. The maximum atomic E-state index is 9.27. The first-order valence-electron chi connectivity index (χ1n) is 3.99. The summed E-state index contributed by atoms with van der Waals surface area (Å²) < 4.78 is 0. The van der Waals surface area contributed by atoms with E-state index in [9.17, 15) is 5.11 Å². The van der Waals surface area contributed by atoms with Gasteiger partial charge in [-0.25, -0.2) is 0 Å². The van der Waals surface area contributed by atoms with Gasteiger partial charge in [-0.05, 0) is 30.5 Å². The number of phenols is 1. The van der Waals surface area contributed by atoms with E-state index in [1.54, 1.807) is 18.2 Å². The molecule has 0 spiro atoms. The molecule has 0 radical (unpaired) electrons. The lowest BCUT2D eigenvalue weighted by molar-refractivity contribution is 0.476. The summed E-state index contributed by atoms with van der Waals surface area (Å²) in [6, 6.07) is 5.19. The van der Waals surface area contributed by atoms with Crippen LogP contribution in [0.3, 0.4) is 0 Å². The van der Waals surface area contributed by atoms with E-state index >= 15 is 0 Å². The summed E-state index contributed by atoms with van der Waals surface area (Å²) >= 11 is 0. The van der Waals surface area contributed by atoms with Crippen molar-refractivity contribution in [1.82, 2.24) is 4.98 Å². The third-order valence-corrected chi connectivity index (χ3v) is 1.97. The molecular weight excluding hydrogens is 164 g/mol. The van der Waals surface area contributed by atoms with Gasteiger partial charge in [-0.1, -0.05) is 0 Å². The normalized spacial score (nSPS) is 11.4. The number of benzene rings is 1. The molecule has 1 aromatic carbocycles. The third kappa shape index (κ3) is 1.24. The molecule has 1 heterocycles. The molecule has 2 aromatic rings. The van der Waals surface area contributed by atoms with E-state index in [0.29, 0.717) is 0 Å². The van der Waals surface area contributed by atoms with Crippen molar-refractivity contribution in [3.05, 3.63) is 36.2 Å². The van der Waals surface area contributed by atoms with Crippen LogP contribution in [-0.2, 0) is 0 Å². The van der Waals surface area contributed by atoms with E-state index in [4.69, 9.17) is 5.73 Å².